The van der Waals surface area contributed by atoms with Crippen LogP contribution in [0.4, 0.5) is 11.8 Å². The third-order valence-electron chi connectivity index (χ3n) is 6.78. The van der Waals surface area contributed by atoms with Gasteiger partial charge in [0, 0.05) is 31.5 Å². The van der Waals surface area contributed by atoms with E-state index in [9.17, 15) is 9.90 Å². The van der Waals surface area contributed by atoms with Crippen molar-refractivity contribution >= 4 is 23.2 Å². The van der Waals surface area contributed by atoms with E-state index in [2.05, 4.69) is 43.9 Å². The van der Waals surface area contributed by atoms with Gasteiger partial charge in [-0.15, -0.1) is 0 Å². The second-order valence-electron chi connectivity index (χ2n) is 9.60. The SMILES string of the molecule is CCCCNc1ncc(C(=O)NCc2ccc(C3=CCCCC3)nc2)c(NC2CCC(O)CC2)n1. The van der Waals surface area contributed by atoms with Crippen molar-refractivity contribution in [2.24, 2.45) is 0 Å². The molecule has 2 heterocycles. The Labute approximate surface area is 208 Å². The van der Waals surface area contributed by atoms with E-state index in [-0.39, 0.29) is 18.1 Å². The summed E-state index contributed by atoms with van der Waals surface area (Å²) in [4.78, 5) is 26.7. The number of aliphatic hydroxyl groups is 1. The number of pyridine rings is 1. The molecule has 0 radical (unpaired) electrons. The molecule has 0 atom stereocenters. The van der Waals surface area contributed by atoms with E-state index in [4.69, 9.17) is 0 Å². The van der Waals surface area contributed by atoms with Crippen LogP contribution in [0.25, 0.3) is 5.57 Å². The molecule has 188 valence electrons. The first-order valence-electron chi connectivity index (χ1n) is 13.1. The monoisotopic (exact) mass is 478 g/mol. The van der Waals surface area contributed by atoms with Crippen LogP contribution in [0.1, 0.15) is 92.7 Å². The molecule has 1 amide bonds. The van der Waals surface area contributed by atoms with Gasteiger partial charge in [0.2, 0.25) is 5.95 Å². The number of carbonyl (C=O) groups is 1. The highest BCUT2D eigenvalue weighted by atomic mass is 16.3. The van der Waals surface area contributed by atoms with Gasteiger partial charge in [-0.05, 0) is 75.0 Å². The highest BCUT2D eigenvalue weighted by Crippen LogP contribution is 2.26. The molecule has 8 nitrogen and oxygen atoms in total. The fourth-order valence-electron chi connectivity index (χ4n) is 4.60. The van der Waals surface area contributed by atoms with Gasteiger partial charge >= 0.3 is 0 Å². The Morgan fingerprint density at radius 1 is 1.11 bits per heavy atom. The molecule has 0 aliphatic heterocycles. The smallest absolute Gasteiger partial charge is 0.256 e. The van der Waals surface area contributed by atoms with Gasteiger partial charge < -0.3 is 21.1 Å². The lowest BCUT2D eigenvalue weighted by Gasteiger charge is -2.27. The molecular weight excluding hydrogens is 440 g/mol. The van der Waals surface area contributed by atoms with Crippen LogP contribution in [0.3, 0.4) is 0 Å². The lowest BCUT2D eigenvalue weighted by Crippen LogP contribution is -2.31. The standard InChI is InChI=1S/C27H38N6O2/c1-2-3-15-28-27-31-18-23(25(33-27)32-21-10-12-22(34)13-11-21)26(35)30-17-19-9-14-24(29-16-19)20-7-5-4-6-8-20/h7,9,14,16,18,21-22,34H,2-6,8,10-13,15,17H2,1H3,(H,30,35)(H2,28,31,32,33). The van der Waals surface area contributed by atoms with Crippen molar-refractivity contribution in [3.05, 3.63) is 47.4 Å². The first-order chi connectivity index (χ1) is 17.1. The van der Waals surface area contributed by atoms with Gasteiger partial charge in [0.05, 0.1) is 11.8 Å². The van der Waals surface area contributed by atoms with Crippen molar-refractivity contribution in [2.75, 3.05) is 17.2 Å². The Morgan fingerprint density at radius 3 is 2.69 bits per heavy atom. The number of nitrogens with one attached hydrogen (secondary N) is 3. The molecule has 0 saturated heterocycles. The molecule has 35 heavy (non-hydrogen) atoms. The second-order valence-corrected chi connectivity index (χ2v) is 9.60. The third kappa shape index (κ3) is 7.24. The van der Waals surface area contributed by atoms with E-state index in [0.717, 1.165) is 69.2 Å². The van der Waals surface area contributed by atoms with Crippen molar-refractivity contribution in [3.8, 4) is 0 Å². The summed E-state index contributed by atoms with van der Waals surface area (Å²) in [6.45, 7) is 3.31. The minimum atomic E-state index is -0.234. The van der Waals surface area contributed by atoms with Crippen molar-refractivity contribution < 1.29 is 9.90 Å². The number of aromatic nitrogens is 3. The molecule has 4 N–H and O–H groups in total. The zero-order valence-electron chi connectivity index (χ0n) is 20.7. The predicted octanol–water partition coefficient (Wildman–Crippen LogP) is 4.69. The summed E-state index contributed by atoms with van der Waals surface area (Å²) in [5, 5.41) is 19.5. The summed E-state index contributed by atoms with van der Waals surface area (Å²) >= 11 is 0. The average Bonchev–Trinajstić information content (AvgIpc) is 2.90. The number of hydrogen-bond acceptors (Lipinski definition) is 7. The quantitative estimate of drug-likeness (QED) is 0.367. The average molecular weight is 479 g/mol. The molecule has 8 heteroatoms. The Hall–Kier alpha value is -3.00. The molecule has 2 aliphatic carbocycles. The van der Waals surface area contributed by atoms with Gasteiger partial charge in [0.25, 0.3) is 5.91 Å². The number of hydrogen-bond donors (Lipinski definition) is 4. The normalized spacial score (nSPS) is 20.1. The Bertz CT molecular complexity index is 999. The first kappa shape index (κ1) is 25.1. The highest BCUT2D eigenvalue weighted by Gasteiger charge is 2.22. The molecule has 1 fully saturated rings. The minimum absolute atomic E-state index is 0.175. The predicted molar refractivity (Wildman–Crippen MR) is 139 cm³/mol. The van der Waals surface area contributed by atoms with E-state index in [1.807, 2.05) is 18.3 Å². The van der Waals surface area contributed by atoms with Crippen LogP contribution < -0.4 is 16.0 Å². The number of carbonyl (C=O) groups excluding carboxylic acids is 1. The number of allylic oxidation sites excluding steroid dienone is 2. The third-order valence-corrected chi connectivity index (χ3v) is 6.78. The second kappa shape index (κ2) is 12.6. The molecule has 0 spiro atoms. The summed E-state index contributed by atoms with van der Waals surface area (Å²) in [5.41, 5.74) is 3.73. The van der Waals surface area contributed by atoms with E-state index in [0.29, 0.717) is 23.9 Å². The Morgan fingerprint density at radius 2 is 1.97 bits per heavy atom. The summed E-state index contributed by atoms with van der Waals surface area (Å²) < 4.78 is 0. The van der Waals surface area contributed by atoms with Crippen LogP contribution in [0, 0.1) is 0 Å². The van der Waals surface area contributed by atoms with Crippen molar-refractivity contribution in [3.63, 3.8) is 0 Å². The zero-order valence-corrected chi connectivity index (χ0v) is 20.7. The minimum Gasteiger partial charge on any atom is -0.393 e. The number of aliphatic hydroxyl groups excluding tert-OH is 1. The van der Waals surface area contributed by atoms with Crippen LogP contribution >= 0.6 is 0 Å². The van der Waals surface area contributed by atoms with E-state index in [1.54, 1.807) is 6.20 Å². The number of unbranched alkanes of at least 4 members (excludes halogenated alkanes) is 1. The lowest BCUT2D eigenvalue weighted by atomic mass is 9.93. The maximum absolute atomic E-state index is 13.1. The largest absolute Gasteiger partial charge is 0.393 e. The maximum atomic E-state index is 13.1. The van der Waals surface area contributed by atoms with Crippen LogP contribution in [0.2, 0.25) is 0 Å². The van der Waals surface area contributed by atoms with Crippen molar-refractivity contribution in [1.82, 2.24) is 20.3 Å². The molecule has 0 bridgehead atoms. The number of amides is 1. The number of nitrogens with zero attached hydrogens (tertiary/aromatic N) is 3. The van der Waals surface area contributed by atoms with Crippen molar-refractivity contribution in [1.29, 1.82) is 0 Å². The fraction of sp³-hybridized carbons (Fsp3) is 0.556. The Balaban J connectivity index is 1.41. The summed E-state index contributed by atoms with van der Waals surface area (Å²) in [7, 11) is 0. The van der Waals surface area contributed by atoms with Crippen LogP contribution in [-0.4, -0.2) is 44.7 Å². The topological polar surface area (TPSA) is 112 Å². The molecule has 2 aromatic heterocycles. The van der Waals surface area contributed by atoms with E-state index < -0.39 is 0 Å². The van der Waals surface area contributed by atoms with Gasteiger partial charge in [0.15, 0.2) is 0 Å². The van der Waals surface area contributed by atoms with Crippen LogP contribution in [0.5, 0.6) is 0 Å². The van der Waals surface area contributed by atoms with Crippen LogP contribution in [-0.2, 0) is 6.54 Å². The maximum Gasteiger partial charge on any atom is 0.256 e. The zero-order chi connectivity index (χ0) is 24.5. The summed E-state index contributed by atoms with van der Waals surface area (Å²) in [6, 6.07) is 4.25. The van der Waals surface area contributed by atoms with E-state index >= 15 is 0 Å². The van der Waals surface area contributed by atoms with E-state index in [1.165, 1.54) is 18.4 Å². The number of anilines is 2. The van der Waals surface area contributed by atoms with Crippen molar-refractivity contribution in [2.45, 2.75) is 89.8 Å². The summed E-state index contributed by atoms with van der Waals surface area (Å²) in [5.74, 6) is 0.836. The van der Waals surface area contributed by atoms with Gasteiger partial charge in [0.1, 0.15) is 11.4 Å². The lowest BCUT2D eigenvalue weighted by molar-refractivity contribution is 0.0950. The molecule has 2 aliphatic rings. The molecular formula is C27H38N6O2. The fourth-order valence-corrected chi connectivity index (χ4v) is 4.60. The summed E-state index contributed by atoms with van der Waals surface area (Å²) in [6.07, 6.45) is 15.5. The molecule has 2 aromatic rings. The molecule has 0 aromatic carbocycles. The van der Waals surface area contributed by atoms with Gasteiger partial charge in [-0.1, -0.05) is 25.5 Å². The number of rotatable bonds is 10. The van der Waals surface area contributed by atoms with Gasteiger partial charge in [-0.25, -0.2) is 4.98 Å². The van der Waals surface area contributed by atoms with Gasteiger partial charge in [-0.2, -0.15) is 4.98 Å². The molecule has 1 saturated carbocycles. The van der Waals surface area contributed by atoms with Crippen LogP contribution in [0.15, 0.2) is 30.6 Å². The van der Waals surface area contributed by atoms with Gasteiger partial charge in [-0.3, -0.25) is 9.78 Å². The first-order valence-corrected chi connectivity index (χ1v) is 13.1. The highest BCUT2D eigenvalue weighted by molar-refractivity contribution is 5.98. The Kier molecular flexibility index (Phi) is 9.06. The molecule has 0 unspecified atom stereocenters. The molecule has 4 rings (SSSR count).